The average molecular weight is 421 g/mol. The maximum absolute atomic E-state index is 12.8. The van der Waals surface area contributed by atoms with Gasteiger partial charge in [-0.1, -0.05) is 13.0 Å². The molecule has 0 aliphatic carbocycles. The first-order valence-electron chi connectivity index (χ1n) is 10.6. The van der Waals surface area contributed by atoms with Crippen LogP contribution in [0.4, 0.5) is 0 Å². The van der Waals surface area contributed by atoms with Crippen LogP contribution in [0.5, 0.6) is 5.75 Å². The first-order valence-corrected chi connectivity index (χ1v) is 10.6. The van der Waals surface area contributed by atoms with Crippen molar-refractivity contribution < 1.29 is 13.9 Å². The molecule has 0 unspecified atom stereocenters. The molecule has 0 radical (unpaired) electrons. The molecule has 1 aromatic carbocycles. The number of ether oxygens (including phenoxy) is 1. The molecule has 7 heteroatoms. The highest BCUT2D eigenvalue weighted by Crippen LogP contribution is 2.30. The molecule has 0 atom stereocenters. The summed E-state index contributed by atoms with van der Waals surface area (Å²) in [6, 6.07) is 9.22. The fourth-order valence-corrected chi connectivity index (χ4v) is 4.00. The summed E-state index contributed by atoms with van der Waals surface area (Å²) in [4.78, 5) is 32.9. The minimum absolute atomic E-state index is 0.0360. The number of fused-ring (bicyclic) bond motifs is 1. The van der Waals surface area contributed by atoms with Crippen molar-refractivity contribution >= 4 is 16.9 Å². The number of nitrogens with zero attached hydrogens (tertiary/aromatic N) is 3. The minimum Gasteiger partial charge on any atom is -0.483 e. The Morgan fingerprint density at radius 3 is 2.71 bits per heavy atom. The smallest absolute Gasteiger partial charge is 0.336 e. The lowest BCUT2D eigenvalue weighted by Crippen LogP contribution is -2.49. The van der Waals surface area contributed by atoms with Crippen LogP contribution in [0.3, 0.4) is 0 Å². The standard InChI is InChI=1S/C24H27N3O4/c1-3-19-13-23(29)31-21-12-17(2)11-20(24(19)21)30-16-22(28)27-9-7-26(8-10-27)15-18-5-4-6-25-14-18/h4-6,11-14H,3,7-10,15-16H2,1-2H3. The van der Waals surface area contributed by atoms with Gasteiger partial charge in [0, 0.05) is 51.2 Å². The van der Waals surface area contributed by atoms with Gasteiger partial charge >= 0.3 is 5.63 Å². The van der Waals surface area contributed by atoms with Crippen LogP contribution in [0.2, 0.25) is 0 Å². The van der Waals surface area contributed by atoms with E-state index < -0.39 is 0 Å². The summed E-state index contributed by atoms with van der Waals surface area (Å²) in [6.45, 7) is 7.68. The molecule has 1 aliphatic rings. The van der Waals surface area contributed by atoms with Gasteiger partial charge < -0.3 is 14.1 Å². The van der Waals surface area contributed by atoms with Gasteiger partial charge in [-0.2, -0.15) is 0 Å². The lowest BCUT2D eigenvalue weighted by molar-refractivity contribution is -0.135. The second kappa shape index (κ2) is 9.31. The molecule has 1 saturated heterocycles. The maximum atomic E-state index is 12.8. The Morgan fingerprint density at radius 1 is 1.19 bits per heavy atom. The third-order valence-electron chi connectivity index (χ3n) is 5.62. The Morgan fingerprint density at radius 2 is 2.00 bits per heavy atom. The molecule has 0 N–H and O–H groups in total. The zero-order valence-electron chi connectivity index (χ0n) is 18.0. The highest BCUT2D eigenvalue weighted by molar-refractivity contribution is 5.88. The van der Waals surface area contributed by atoms with Crippen LogP contribution in [0.25, 0.3) is 11.0 Å². The van der Waals surface area contributed by atoms with Crippen molar-refractivity contribution in [2.75, 3.05) is 32.8 Å². The molecule has 3 heterocycles. The lowest BCUT2D eigenvalue weighted by atomic mass is 10.1. The second-order valence-electron chi connectivity index (χ2n) is 7.89. The van der Waals surface area contributed by atoms with Crippen LogP contribution in [0.15, 0.2) is 51.9 Å². The number of piperazine rings is 1. The zero-order valence-corrected chi connectivity index (χ0v) is 18.0. The highest BCUT2D eigenvalue weighted by atomic mass is 16.5. The maximum Gasteiger partial charge on any atom is 0.336 e. The van der Waals surface area contributed by atoms with Crippen molar-refractivity contribution in [2.45, 2.75) is 26.8 Å². The largest absolute Gasteiger partial charge is 0.483 e. The van der Waals surface area contributed by atoms with Crippen molar-refractivity contribution in [3.8, 4) is 5.75 Å². The third-order valence-corrected chi connectivity index (χ3v) is 5.62. The zero-order chi connectivity index (χ0) is 21.8. The van der Waals surface area contributed by atoms with Crippen LogP contribution in [-0.4, -0.2) is 53.5 Å². The van der Waals surface area contributed by atoms with Gasteiger partial charge in [0.1, 0.15) is 11.3 Å². The van der Waals surface area contributed by atoms with Crippen LogP contribution in [0.1, 0.15) is 23.6 Å². The molecular weight excluding hydrogens is 394 g/mol. The van der Waals surface area contributed by atoms with Crippen LogP contribution < -0.4 is 10.4 Å². The van der Waals surface area contributed by atoms with Gasteiger partial charge in [-0.15, -0.1) is 0 Å². The SMILES string of the molecule is CCc1cc(=O)oc2cc(C)cc(OCC(=O)N3CCN(Cc4cccnc4)CC3)c12. The molecule has 1 amide bonds. The summed E-state index contributed by atoms with van der Waals surface area (Å²) >= 11 is 0. The van der Waals surface area contributed by atoms with E-state index in [2.05, 4.69) is 16.0 Å². The van der Waals surface area contributed by atoms with E-state index in [1.165, 1.54) is 11.6 Å². The molecule has 2 aromatic heterocycles. The molecule has 1 aliphatic heterocycles. The second-order valence-corrected chi connectivity index (χ2v) is 7.89. The van der Waals surface area contributed by atoms with E-state index in [0.29, 0.717) is 30.8 Å². The normalized spacial score (nSPS) is 14.7. The molecule has 0 bridgehead atoms. The molecular formula is C24H27N3O4. The number of hydrogen-bond acceptors (Lipinski definition) is 6. The number of carbonyl (C=O) groups excluding carboxylic acids is 1. The summed E-state index contributed by atoms with van der Waals surface area (Å²) in [5.74, 6) is 0.547. The summed E-state index contributed by atoms with van der Waals surface area (Å²) < 4.78 is 11.3. The molecule has 1 fully saturated rings. The Labute approximate surface area is 181 Å². The first kappa shape index (κ1) is 21.1. The molecule has 31 heavy (non-hydrogen) atoms. The quantitative estimate of drug-likeness (QED) is 0.570. The number of amides is 1. The summed E-state index contributed by atoms with van der Waals surface area (Å²) in [7, 11) is 0. The Bertz CT molecular complexity index is 1120. The highest BCUT2D eigenvalue weighted by Gasteiger charge is 2.22. The number of aryl methyl sites for hydroxylation is 2. The van der Waals surface area contributed by atoms with Crippen LogP contribution >= 0.6 is 0 Å². The number of pyridine rings is 1. The monoisotopic (exact) mass is 421 g/mol. The van der Waals surface area contributed by atoms with Gasteiger partial charge in [0.2, 0.25) is 0 Å². The van der Waals surface area contributed by atoms with E-state index in [9.17, 15) is 9.59 Å². The number of rotatable bonds is 6. The average Bonchev–Trinajstić information content (AvgIpc) is 2.77. The van der Waals surface area contributed by atoms with Gasteiger partial charge in [0.05, 0.1) is 5.39 Å². The molecule has 0 spiro atoms. The fourth-order valence-electron chi connectivity index (χ4n) is 4.00. The number of benzene rings is 1. The summed E-state index contributed by atoms with van der Waals surface area (Å²) in [5.41, 5.74) is 3.07. The van der Waals surface area contributed by atoms with Gasteiger partial charge in [-0.05, 0) is 48.2 Å². The molecule has 3 aromatic rings. The van der Waals surface area contributed by atoms with E-state index in [-0.39, 0.29) is 18.1 Å². The molecule has 162 valence electrons. The van der Waals surface area contributed by atoms with E-state index >= 15 is 0 Å². The van der Waals surface area contributed by atoms with Crippen molar-refractivity contribution in [1.29, 1.82) is 0 Å². The van der Waals surface area contributed by atoms with E-state index in [1.807, 2.05) is 43.1 Å². The number of aromatic nitrogens is 1. The van der Waals surface area contributed by atoms with Gasteiger partial charge in [-0.3, -0.25) is 14.7 Å². The Kier molecular flexibility index (Phi) is 6.32. The summed E-state index contributed by atoms with van der Waals surface area (Å²) in [5, 5.41) is 0.766. The molecule has 7 nitrogen and oxygen atoms in total. The van der Waals surface area contributed by atoms with E-state index in [1.54, 1.807) is 6.20 Å². The topological polar surface area (TPSA) is 75.9 Å². The molecule has 4 rings (SSSR count). The number of hydrogen-bond donors (Lipinski definition) is 0. The first-order chi connectivity index (χ1) is 15.0. The fraction of sp³-hybridized carbons (Fsp3) is 0.375. The van der Waals surface area contributed by atoms with Crippen LogP contribution in [0, 0.1) is 6.92 Å². The Balaban J connectivity index is 1.39. The van der Waals surface area contributed by atoms with Crippen molar-refractivity contribution in [3.63, 3.8) is 0 Å². The van der Waals surface area contributed by atoms with Gasteiger partial charge in [-0.25, -0.2) is 4.79 Å². The van der Waals surface area contributed by atoms with Crippen molar-refractivity contribution in [2.24, 2.45) is 0 Å². The van der Waals surface area contributed by atoms with E-state index in [4.69, 9.17) is 9.15 Å². The number of carbonyl (C=O) groups is 1. The predicted octanol–water partition coefficient (Wildman–Crippen LogP) is 2.78. The third kappa shape index (κ3) is 4.94. The lowest BCUT2D eigenvalue weighted by Gasteiger charge is -2.34. The Hall–Kier alpha value is -3.19. The predicted molar refractivity (Wildman–Crippen MR) is 118 cm³/mol. The van der Waals surface area contributed by atoms with E-state index in [0.717, 1.165) is 36.1 Å². The van der Waals surface area contributed by atoms with Crippen molar-refractivity contribution in [1.82, 2.24) is 14.8 Å². The van der Waals surface area contributed by atoms with Gasteiger partial charge in [0.15, 0.2) is 6.61 Å². The van der Waals surface area contributed by atoms with Crippen molar-refractivity contribution in [3.05, 3.63) is 69.8 Å². The summed E-state index contributed by atoms with van der Waals surface area (Å²) in [6.07, 6.45) is 4.33. The van der Waals surface area contributed by atoms with Crippen LogP contribution in [-0.2, 0) is 17.8 Å². The minimum atomic E-state index is -0.374. The van der Waals surface area contributed by atoms with Gasteiger partial charge in [0.25, 0.3) is 5.91 Å². The molecule has 0 saturated carbocycles.